The lowest BCUT2D eigenvalue weighted by Crippen LogP contribution is -2.28. The van der Waals surface area contributed by atoms with Crippen molar-refractivity contribution in [1.82, 2.24) is 5.32 Å². The fourth-order valence-electron chi connectivity index (χ4n) is 1.90. The molecule has 1 N–H and O–H groups in total. The molecule has 2 fully saturated rings. The van der Waals surface area contributed by atoms with Crippen molar-refractivity contribution in [3.8, 4) is 0 Å². The molecule has 1 aliphatic carbocycles. The summed E-state index contributed by atoms with van der Waals surface area (Å²) < 4.78 is 5.97. The molecule has 12 heavy (non-hydrogen) atoms. The molecule has 70 valence electrons. The third kappa shape index (κ3) is 2.20. The monoisotopic (exact) mass is 169 g/mol. The van der Waals surface area contributed by atoms with Gasteiger partial charge in [0.25, 0.3) is 0 Å². The van der Waals surface area contributed by atoms with E-state index in [4.69, 9.17) is 4.74 Å². The maximum absolute atomic E-state index is 5.97. The van der Waals surface area contributed by atoms with Crippen LogP contribution in [0.3, 0.4) is 0 Å². The SMILES string of the molecule is C1CC(O[C@@H]2CCCNCC2)C1. The molecule has 1 aliphatic heterocycles. The van der Waals surface area contributed by atoms with Crippen molar-refractivity contribution in [2.75, 3.05) is 13.1 Å². The van der Waals surface area contributed by atoms with Crippen LogP contribution in [0.5, 0.6) is 0 Å². The van der Waals surface area contributed by atoms with Gasteiger partial charge in [-0.3, -0.25) is 0 Å². The molecule has 1 atom stereocenters. The van der Waals surface area contributed by atoms with Crippen LogP contribution >= 0.6 is 0 Å². The van der Waals surface area contributed by atoms with E-state index in [0.717, 1.165) is 6.54 Å². The van der Waals surface area contributed by atoms with E-state index in [1.165, 1.54) is 45.1 Å². The number of nitrogens with one attached hydrogen (secondary N) is 1. The molecule has 0 aromatic carbocycles. The highest BCUT2D eigenvalue weighted by atomic mass is 16.5. The number of hydrogen-bond donors (Lipinski definition) is 1. The average molecular weight is 169 g/mol. The van der Waals surface area contributed by atoms with Crippen molar-refractivity contribution < 1.29 is 4.74 Å². The van der Waals surface area contributed by atoms with E-state index < -0.39 is 0 Å². The summed E-state index contributed by atoms with van der Waals surface area (Å²) in [5.74, 6) is 0. The minimum absolute atomic E-state index is 0.560. The summed E-state index contributed by atoms with van der Waals surface area (Å²) in [6.45, 7) is 2.34. The molecule has 0 spiro atoms. The van der Waals surface area contributed by atoms with Gasteiger partial charge in [-0.15, -0.1) is 0 Å². The fourth-order valence-corrected chi connectivity index (χ4v) is 1.90. The summed E-state index contributed by atoms with van der Waals surface area (Å²) in [5, 5.41) is 3.41. The molecule has 0 aromatic heterocycles. The Labute approximate surface area is 74.7 Å². The molecule has 2 heteroatoms. The quantitative estimate of drug-likeness (QED) is 0.679. The molecule has 2 nitrogen and oxygen atoms in total. The Morgan fingerprint density at radius 1 is 0.833 bits per heavy atom. The molecule has 0 radical (unpaired) electrons. The van der Waals surface area contributed by atoms with Crippen LogP contribution in [0.2, 0.25) is 0 Å². The van der Waals surface area contributed by atoms with Crippen LogP contribution < -0.4 is 5.32 Å². The van der Waals surface area contributed by atoms with Crippen LogP contribution in [0.4, 0.5) is 0 Å². The van der Waals surface area contributed by atoms with Crippen LogP contribution in [0.1, 0.15) is 38.5 Å². The second-order valence-electron chi connectivity index (χ2n) is 3.99. The maximum Gasteiger partial charge on any atom is 0.0591 e. The van der Waals surface area contributed by atoms with Crippen LogP contribution in [0.15, 0.2) is 0 Å². The molecule has 0 bridgehead atoms. The van der Waals surface area contributed by atoms with E-state index in [1.807, 2.05) is 0 Å². The van der Waals surface area contributed by atoms with Crippen molar-refractivity contribution in [3.05, 3.63) is 0 Å². The molecule has 0 aromatic rings. The molecule has 2 rings (SSSR count). The van der Waals surface area contributed by atoms with Gasteiger partial charge in [-0.25, -0.2) is 0 Å². The Balaban J connectivity index is 1.69. The molecular weight excluding hydrogens is 150 g/mol. The standard InChI is InChI=1S/C10H19NO/c1-3-9(4-1)12-10-5-2-7-11-8-6-10/h9-11H,1-8H2/t10-/m1/s1. The summed E-state index contributed by atoms with van der Waals surface area (Å²) in [7, 11) is 0. The van der Waals surface area contributed by atoms with Gasteiger partial charge >= 0.3 is 0 Å². The summed E-state index contributed by atoms with van der Waals surface area (Å²) in [4.78, 5) is 0. The summed E-state index contributed by atoms with van der Waals surface area (Å²) in [6, 6.07) is 0. The van der Waals surface area contributed by atoms with E-state index in [-0.39, 0.29) is 0 Å². The van der Waals surface area contributed by atoms with Gasteiger partial charge in [0.1, 0.15) is 0 Å². The Morgan fingerprint density at radius 2 is 1.58 bits per heavy atom. The summed E-state index contributed by atoms with van der Waals surface area (Å²) >= 11 is 0. The lowest BCUT2D eigenvalue weighted by atomic mass is 9.95. The van der Waals surface area contributed by atoms with Gasteiger partial charge in [0, 0.05) is 0 Å². The molecule has 1 saturated carbocycles. The van der Waals surface area contributed by atoms with E-state index >= 15 is 0 Å². The van der Waals surface area contributed by atoms with E-state index in [1.54, 1.807) is 0 Å². The molecule has 1 saturated heterocycles. The van der Waals surface area contributed by atoms with Crippen molar-refractivity contribution in [2.24, 2.45) is 0 Å². The lowest BCUT2D eigenvalue weighted by molar-refractivity contribution is -0.0551. The number of rotatable bonds is 2. The highest BCUT2D eigenvalue weighted by Gasteiger charge is 2.22. The van der Waals surface area contributed by atoms with Crippen LogP contribution in [0, 0.1) is 0 Å². The summed E-state index contributed by atoms with van der Waals surface area (Å²) in [5.41, 5.74) is 0. The van der Waals surface area contributed by atoms with Crippen molar-refractivity contribution in [1.29, 1.82) is 0 Å². The molecule has 0 amide bonds. The Kier molecular flexibility index (Phi) is 3.01. The Morgan fingerprint density at radius 3 is 2.33 bits per heavy atom. The van der Waals surface area contributed by atoms with E-state index in [0.29, 0.717) is 12.2 Å². The zero-order valence-corrected chi connectivity index (χ0v) is 7.72. The third-order valence-electron chi connectivity index (χ3n) is 2.96. The first-order valence-corrected chi connectivity index (χ1v) is 5.31. The first-order chi connectivity index (χ1) is 5.95. The highest BCUT2D eigenvalue weighted by Crippen LogP contribution is 2.25. The third-order valence-corrected chi connectivity index (χ3v) is 2.96. The van der Waals surface area contributed by atoms with Gasteiger partial charge in [0.2, 0.25) is 0 Å². The topological polar surface area (TPSA) is 21.3 Å². The van der Waals surface area contributed by atoms with Crippen molar-refractivity contribution in [2.45, 2.75) is 50.7 Å². The predicted molar refractivity (Wildman–Crippen MR) is 49.2 cm³/mol. The average Bonchev–Trinajstić information content (AvgIpc) is 2.24. The van der Waals surface area contributed by atoms with Gasteiger partial charge in [-0.1, -0.05) is 0 Å². The van der Waals surface area contributed by atoms with Crippen LogP contribution in [-0.4, -0.2) is 25.3 Å². The number of ether oxygens (including phenoxy) is 1. The van der Waals surface area contributed by atoms with Gasteiger partial charge < -0.3 is 10.1 Å². The van der Waals surface area contributed by atoms with Gasteiger partial charge in [-0.2, -0.15) is 0 Å². The minimum Gasteiger partial charge on any atom is -0.375 e. The van der Waals surface area contributed by atoms with Gasteiger partial charge in [0.05, 0.1) is 12.2 Å². The predicted octanol–water partition coefficient (Wildman–Crippen LogP) is 1.70. The molecular formula is C10H19NO. The largest absolute Gasteiger partial charge is 0.375 e. The second kappa shape index (κ2) is 4.24. The summed E-state index contributed by atoms with van der Waals surface area (Å²) in [6.07, 6.45) is 8.96. The van der Waals surface area contributed by atoms with E-state index in [2.05, 4.69) is 5.32 Å². The van der Waals surface area contributed by atoms with Gasteiger partial charge in [-0.05, 0) is 51.6 Å². The second-order valence-corrected chi connectivity index (χ2v) is 3.99. The normalized spacial score (nSPS) is 32.5. The van der Waals surface area contributed by atoms with Crippen LogP contribution in [-0.2, 0) is 4.74 Å². The Hall–Kier alpha value is -0.0800. The Bertz CT molecular complexity index is 126. The fraction of sp³-hybridized carbons (Fsp3) is 1.00. The lowest BCUT2D eigenvalue weighted by Gasteiger charge is -2.30. The minimum atomic E-state index is 0.560. The number of hydrogen-bond acceptors (Lipinski definition) is 2. The van der Waals surface area contributed by atoms with Crippen molar-refractivity contribution >= 4 is 0 Å². The molecule has 0 unspecified atom stereocenters. The molecule has 2 aliphatic rings. The van der Waals surface area contributed by atoms with Crippen LogP contribution in [0.25, 0.3) is 0 Å². The van der Waals surface area contributed by atoms with Gasteiger partial charge in [0.15, 0.2) is 0 Å². The first kappa shape index (κ1) is 8.52. The zero-order valence-electron chi connectivity index (χ0n) is 7.72. The first-order valence-electron chi connectivity index (χ1n) is 5.31. The molecule has 1 heterocycles. The maximum atomic E-state index is 5.97. The van der Waals surface area contributed by atoms with E-state index in [9.17, 15) is 0 Å². The van der Waals surface area contributed by atoms with Crippen molar-refractivity contribution in [3.63, 3.8) is 0 Å². The highest BCUT2D eigenvalue weighted by molar-refractivity contribution is 4.74. The zero-order chi connectivity index (χ0) is 8.23. The smallest absolute Gasteiger partial charge is 0.0591 e.